The Morgan fingerprint density at radius 1 is 1.50 bits per heavy atom. The number of rotatable bonds is 1. The first-order chi connectivity index (χ1) is 8.58. The molecule has 1 aliphatic heterocycles. The summed E-state index contributed by atoms with van der Waals surface area (Å²) in [4.78, 5) is 12.0. The molecular weight excluding hydrogens is 255 g/mol. The highest BCUT2D eigenvalue weighted by Crippen LogP contribution is 2.44. The van der Waals surface area contributed by atoms with E-state index in [-0.39, 0.29) is 23.1 Å². The highest BCUT2D eigenvalue weighted by molar-refractivity contribution is 7.17. The zero-order valence-electron chi connectivity index (χ0n) is 9.49. The first-order valence-electron chi connectivity index (χ1n) is 5.36. The lowest BCUT2D eigenvalue weighted by Crippen LogP contribution is -2.05. The maximum Gasteiger partial charge on any atom is 0.345 e. The zero-order chi connectivity index (χ0) is 12.9. The van der Waals surface area contributed by atoms with Crippen LogP contribution in [0.25, 0.3) is 10.4 Å². The summed E-state index contributed by atoms with van der Waals surface area (Å²) in [5, 5.41) is 8.98. The van der Waals surface area contributed by atoms with E-state index in [1.165, 1.54) is 0 Å². The van der Waals surface area contributed by atoms with Crippen LogP contribution in [0.4, 0.5) is 4.39 Å². The monoisotopic (exact) mass is 264 g/mol. The standard InChI is InChI=1S/C13H9FO3S/c1-6-2-3-8-11(10(6)14)17-5-7-4-9(13(15)16)18-12(7)8/h2-4H,5H2,1H3,(H,15,16). The van der Waals surface area contributed by atoms with Gasteiger partial charge in [0.25, 0.3) is 0 Å². The van der Waals surface area contributed by atoms with Gasteiger partial charge in [0.05, 0.1) is 0 Å². The lowest BCUT2D eigenvalue weighted by Gasteiger charge is -2.18. The Morgan fingerprint density at radius 3 is 3.00 bits per heavy atom. The molecule has 5 heteroatoms. The van der Waals surface area contributed by atoms with Gasteiger partial charge in [-0.2, -0.15) is 0 Å². The fraction of sp³-hybridized carbons (Fsp3) is 0.154. The van der Waals surface area contributed by atoms with Gasteiger partial charge in [0.15, 0.2) is 11.6 Å². The molecule has 0 bridgehead atoms. The predicted octanol–water partition coefficient (Wildman–Crippen LogP) is 3.45. The van der Waals surface area contributed by atoms with Gasteiger partial charge in [0, 0.05) is 16.0 Å². The minimum absolute atomic E-state index is 0.215. The van der Waals surface area contributed by atoms with Gasteiger partial charge in [-0.05, 0) is 24.6 Å². The number of hydrogen-bond acceptors (Lipinski definition) is 3. The molecule has 0 fully saturated rings. The Labute approximate surface area is 106 Å². The van der Waals surface area contributed by atoms with E-state index in [1.54, 1.807) is 25.1 Å². The fourth-order valence-electron chi connectivity index (χ4n) is 1.99. The zero-order valence-corrected chi connectivity index (χ0v) is 10.3. The van der Waals surface area contributed by atoms with Crippen LogP contribution in [0.2, 0.25) is 0 Å². The molecule has 1 aromatic carbocycles. The molecule has 0 saturated heterocycles. The summed E-state index contributed by atoms with van der Waals surface area (Å²) in [6.45, 7) is 1.89. The molecule has 3 rings (SSSR count). The van der Waals surface area contributed by atoms with E-state index in [1.807, 2.05) is 0 Å². The van der Waals surface area contributed by atoms with Gasteiger partial charge in [-0.15, -0.1) is 11.3 Å². The molecule has 1 N–H and O–H groups in total. The van der Waals surface area contributed by atoms with Crippen molar-refractivity contribution >= 4 is 17.3 Å². The molecule has 0 atom stereocenters. The van der Waals surface area contributed by atoms with Crippen LogP contribution >= 0.6 is 11.3 Å². The normalized spacial score (nSPS) is 12.6. The number of aromatic carboxylic acids is 1. The summed E-state index contributed by atoms with van der Waals surface area (Å²) < 4.78 is 19.3. The Hall–Kier alpha value is -1.88. The highest BCUT2D eigenvalue weighted by atomic mass is 32.1. The van der Waals surface area contributed by atoms with Crippen molar-refractivity contribution < 1.29 is 19.0 Å². The molecule has 0 aliphatic carbocycles. The third-order valence-corrected chi connectivity index (χ3v) is 4.13. The molecule has 0 unspecified atom stereocenters. The Balaban J connectivity index is 2.23. The summed E-state index contributed by atoms with van der Waals surface area (Å²) >= 11 is 1.15. The average Bonchev–Trinajstić information content (AvgIpc) is 2.77. The minimum atomic E-state index is -0.969. The van der Waals surface area contributed by atoms with Crippen molar-refractivity contribution in [1.82, 2.24) is 0 Å². The van der Waals surface area contributed by atoms with Crippen LogP contribution in [0.5, 0.6) is 5.75 Å². The van der Waals surface area contributed by atoms with Crippen molar-refractivity contribution in [2.24, 2.45) is 0 Å². The molecule has 2 aromatic rings. The number of thiophene rings is 1. The first-order valence-corrected chi connectivity index (χ1v) is 6.18. The van der Waals surface area contributed by atoms with Crippen LogP contribution in [0, 0.1) is 12.7 Å². The summed E-state index contributed by atoms with van der Waals surface area (Å²) in [5.41, 5.74) is 1.96. The summed E-state index contributed by atoms with van der Waals surface area (Å²) in [7, 11) is 0. The van der Waals surface area contributed by atoms with Gasteiger partial charge in [-0.1, -0.05) is 6.07 Å². The van der Waals surface area contributed by atoms with Crippen molar-refractivity contribution in [3.8, 4) is 16.2 Å². The number of carboxylic acid groups (broad SMARTS) is 1. The number of benzene rings is 1. The summed E-state index contributed by atoms with van der Waals surface area (Å²) in [6.07, 6.45) is 0. The Bertz CT molecular complexity index is 660. The second-order valence-electron chi connectivity index (χ2n) is 4.13. The van der Waals surface area contributed by atoms with Crippen molar-refractivity contribution in [2.45, 2.75) is 13.5 Å². The van der Waals surface area contributed by atoms with Gasteiger partial charge < -0.3 is 9.84 Å². The van der Waals surface area contributed by atoms with E-state index in [4.69, 9.17) is 9.84 Å². The van der Waals surface area contributed by atoms with Crippen molar-refractivity contribution in [3.63, 3.8) is 0 Å². The van der Waals surface area contributed by atoms with Crippen LogP contribution in [0.3, 0.4) is 0 Å². The summed E-state index contributed by atoms with van der Waals surface area (Å²) in [5.74, 6) is -1.12. The average molecular weight is 264 g/mol. The van der Waals surface area contributed by atoms with Gasteiger partial charge in [0.1, 0.15) is 11.5 Å². The van der Waals surface area contributed by atoms with Crippen LogP contribution in [-0.2, 0) is 6.61 Å². The molecule has 1 aliphatic rings. The van der Waals surface area contributed by atoms with Gasteiger partial charge in [-0.3, -0.25) is 0 Å². The molecule has 92 valence electrons. The number of ether oxygens (including phenoxy) is 1. The SMILES string of the molecule is Cc1ccc2c(c1F)OCc1cc(C(=O)O)sc1-2. The van der Waals surface area contributed by atoms with E-state index in [0.29, 0.717) is 11.1 Å². The van der Waals surface area contributed by atoms with Gasteiger partial charge in [-0.25, -0.2) is 9.18 Å². The maximum absolute atomic E-state index is 13.9. The van der Waals surface area contributed by atoms with E-state index in [0.717, 1.165) is 21.8 Å². The smallest absolute Gasteiger partial charge is 0.345 e. The molecule has 2 heterocycles. The Morgan fingerprint density at radius 2 is 2.28 bits per heavy atom. The number of fused-ring (bicyclic) bond motifs is 3. The number of carboxylic acids is 1. The maximum atomic E-state index is 13.9. The second-order valence-corrected chi connectivity index (χ2v) is 5.18. The number of halogens is 1. The lowest BCUT2D eigenvalue weighted by atomic mass is 10.0. The second kappa shape index (κ2) is 3.81. The lowest BCUT2D eigenvalue weighted by molar-refractivity contribution is 0.0702. The van der Waals surface area contributed by atoms with E-state index in [2.05, 4.69) is 0 Å². The van der Waals surface area contributed by atoms with E-state index < -0.39 is 5.97 Å². The highest BCUT2D eigenvalue weighted by Gasteiger charge is 2.25. The predicted molar refractivity (Wildman–Crippen MR) is 65.7 cm³/mol. The van der Waals surface area contributed by atoms with Crippen molar-refractivity contribution in [2.75, 3.05) is 0 Å². The van der Waals surface area contributed by atoms with Gasteiger partial charge in [0.2, 0.25) is 0 Å². The molecule has 0 spiro atoms. The minimum Gasteiger partial charge on any atom is -0.485 e. The molecule has 1 aromatic heterocycles. The van der Waals surface area contributed by atoms with Crippen molar-refractivity contribution in [3.05, 3.63) is 40.0 Å². The number of carbonyl (C=O) groups is 1. The van der Waals surface area contributed by atoms with E-state index >= 15 is 0 Å². The van der Waals surface area contributed by atoms with Crippen LogP contribution in [0.1, 0.15) is 20.8 Å². The van der Waals surface area contributed by atoms with Crippen LogP contribution < -0.4 is 4.74 Å². The summed E-state index contributed by atoms with van der Waals surface area (Å²) in [6, 6.07) is 5.03. The number of aryl methyl sites for hydroxylation is 1. The van der Waals surface area contributed by atoms with Gasteiger partial charge >= 0.3 is 5.97 Å². The largest absolute Gasteiger partial charge is 0.485 e. The van der Waals surface area contributed by atoms with E-state index in [9.17, 15) is 9.18 Å². The Kier molecular flexibility index (Phi) is 2.38. The first kappa shape index (κ1) is 11.2. The number of hydrogen-bond donors (Lipinski definition) is 1. The van der Waals surface area contributed by atoms with Crippen LogP contribution in [0.15, 0.2) is 18.2 Å². The topological polar surface area (TPSA) is 46.5 Å². The fourth-order valence-corrected chi connectivity index (χ4v) is 3.02. The third kappa shape index (κ3) is 1.51. The van der Waals surface area contributed by atoms with Crippen molar-refractivity contribution in [1.29, 1.82) is 0 Å². The molecule has 0 radical (unpaired) electrons. The third-order valence-electron chi connectivity index (χ3n) is 2.93. The molecule has 0 amide bonds. The molecule has 0 saturated carbocycles. The quantitative estimate of drug-likeness (QED) is 0.858. The molecule has 3 nitrogen and oxygen atoms in total. The molecule has 18 heavy (non-hydrogen) atoms. The molecular formula is C13H9FO3S. The van der Waals surface area contributed by atoms with Crippen LogP contribution in [-0.4, -0.2) is 11.1 Å².